The summed E-state index contributed by atoms with van der Waals surface area (Å²) >= 11 is 0. The summed E-state index contributed by atoms with van der Waals surface area (Å²) in [6.45, 7) is 6.79. The topological polar surface area (TPSA) is 79.9 Å². The summed E-state index contributed by atoms with van der Waals surface area (Å²) in [7, 11) is 0. The first-order valence-electron chi connectivity index (χ1n) is 9.26. The number of carbonyl (C=O) groups excluding carboxylic acids is 1. The molecule has 0 radical (unpaired) electrons. The zero-order valence-electron chi connectivity index (χ0n) is 15.9. The second kappa shape index (κ2) is 8.35. The molecule has 2 N–H and O–H groups in total. The maximum Gasteiger partial charge on any atom is 0.282 e. The predicted molar refractivity (Wildman–Crippen MR) is 105 cm³/mol. The summed E-state index contributed by atoms with van der Waals surface area (Å²) in [5.74, 6) is -0.359. The monoisotopic (exact) mass is 387 g/mol. The molecule has 28 heavy (non-hydrogen) atoms. The number of aryl methyl sites for hydroxylation is 1. The third-order valence-corrected chi connectivity index (χ3v) is 5.28. The molecule has 3 rings (SSSR count). The molecule has 0 saturated carbocycles. The fourth-order valence-corrected chi connectivity index (χ4v) is 3.47. The van der Waals surface area contributed by atoms with Crippen LogP contribution in [0.25, 0.3) is 0 Å². The second-order valence-corrected chi connectivity index (χ2v) is 7.09. The molecule has 1 saturated heterocycles. The van der Waals surface area contributed by atoms with Crippen LogP contribution in [-0.2, 0) is 4.79 Å². The molecule has 148 valence electrons. The molecule has 0 unspecified atom stereocenters. The van der Waals surface area contributed by atoms with Crippen molar-refractivity contribution in [3.05, 3.63) is 64.0 Å². The number of hydrogen-bond acceptors (Lipinski definition) is 4. The molecule has 1 heterocycles. The number of quaternary nitrogens is 1. The summed E-state index contributed by atoms with van der Waals surface area (Å²) < 4.78 is 13.1. The van der Waals surface area contributed by atoms with Crippen molar-refractivity contribution in [2.75, 3.05) is 36.4 Å². The van der Waals surface area contributed by atoms with Crippen LogP contribution in [0.5, 0.6) is 0 Å². The molecule has 0 aromatic heterocycles. The Balaban J connectivity index is 1.57. The molecule has 8 heteroatoms. The van der Waals surface area contributed by atoms with Gasteiger partial charge in [0, 0.05) is 23.5 Å². The quantitative estimate of drug-likeness (QED) is 0.605. The van der Waals surface area contributed by atoms with E-state index in [1.807, 2.05) is 6.92 Å². The molecule has 1 fully saturated rings. The van der Waals surface area contributed by atoms with Gasteiger partial charge in [0.2, 0.25) is 0 Å². The minimum Gasteiger partial charge on any atom is -0.360 e. The average molecular weight is 387 g/mol. The van der Waals surface area contributed by atoms with Gasteiger partial charge in [0.05, 0.1) is 31.1 Å². The Morgan fingerprint density at radius 1 is 1.21 bits per heavy atom. The van der Waals surface area contributed by atoms with Crippen LogP contribution in [0.3, 0.4) is 0 Å². The van der Waals surface area contributed by atoms with Gasteiger partial charge in [-0.1, -0.05) is 0 Å². The number of nitrogens with one attached hydrogen (secondary N) is 2. The van der Waals surface area contributed by atoms with E-state index in [1.54, 1.807) is 25.1 Å². The predicted octanol–water partition coefficient (Wildman–Crippen LogP) is 1.77. The average Bonchev–Trinajstić information content (AvgIpc) is 2.69. The largest absolute Gasteiger partial charge is 0.360 e. The first-order chi connectivity index (χ1) is 13.3. The molecule has 1 aliphatic rings. The van der Waals surface area contributed by atoms with Crippen molar-refractivity contribution in [2.45, 2.75) is 19.9 Å². The van der Waals surface area contributed by atoms with Crippen molar-refractivity contribution in [1.82, 2.24) is 0 Å². The number of carbonyl (C=O) groups is 1. The lowest BCUT2D eigenvalue weighted by molar-refractivity contribution is -0.914. The summed E-state index contributed by atoms with van der Waals surface area (Å²) in [6, 6.07) is 10.6. The maximum absolute atomic E-state index is 13.1. The van der Waals surface area contributed by atoms with E-state index in [4.69, 9.17) is 0 Å². The summed E-state index contributed by atoms with van der Waals surface area (Å²) in [6.07, 6.45) is 0. The second-order valence-electron chi connectivity index (χ2n) is 7.09. The standard InChI is InChI=1S/C20H23FN4O3/c1-14-13-18(25(27)28)7-8-19(14)22-20(26)15(2)23-9-11-24(12-10-23)17-5-3-16(21)4-6-17/h3-8,13,15H,9-12H2,1-2H3,(H,22,26)/p+1/t15-/m0/s1. The van der Waals surface area contributed by atoms with Crippen LogP contribution >= 0.6 is 0 Å². The van der Waals surface area contributed by atoms with Crippen molar-refractivity contribution in [2.24, 2.45) is 0 Å². The van der Waals surface area contributed by atoms with Crippen LogP contribution in [-0.4, -0.2) is 43.1 Å². The number of piperazine rings is 1. The van der Waals surface area contributed by atoms with Crippen molar-refractivity contribution in [1.29, 1.82) is 0 Å². The van der Waals surface area contributed by atoms with Gasteiger partial charge in [-0.3, -0.25) is 14.9 Å². The van der Waals surface area contributed by atoms with Crippen molar-refractivity contribution in [3.8, 4) is 0 Å². The van der Waals surface area contributed by atoms with Gasteiger partial charge in [0.25, 0.3) is 11.6 Å². The minimum atomic E-state index is -0.452. The lowest BCUT2D eigenvalue weighted by Crippen LogP contribution is -3.19. The number of non-ortho nitro benzene ring substituents is 1. The molecule has 1 aliphatic heterocycles. The van der Waals surface area contributed by atoms with E-state index in [2.05, 4.69) is 10.2 Å². The van der Waals surface area contributed by atoms with Gasteiger partial charge in [-0.15, -0.1) is 0 Å². The highest BCUT2D eigenvalue weighted by atomic mass is 19.1. The molecule has 1 amide bonds. The maximum atomic E-state index is 13.1. The summed E-state index contributed by atoms with van der Waals surface area (Å²) in [5, 5.41) is 13.7. The van der Waals surface area contributed by atoms with Gasteiger partial charge in [-0.25, -0.2) is 4.39 Å². The highest BCUT2D eigenvalue weighted by molar-refractivity contribution is 5.94. The van der Waals surface area contributed by atoms with E-state index in [0.717, 1.165) is 31.9 Å². The Morgan fingerprint density at radius 3 is 2.43 bits per heavy atom. The molecular weight excluding hydrogens is 363 g/mol. The normalized spacial score (nSPS) is 15.9. The summed E-state index contributed by atoms with van der Waals surface area (Å²) in [4.78, 5) is 26.4. The Kier molecular flexibility index (Phi) is 5.89. The fourth-order valence-electron chi connectivity index (χ4n) is 3.47. The van der Waals surface area contributed by atoms with Crippen LogP contribution in [0, 0.1) is 22.9 Å². The fraction of sp³-hybridized carbons (Fsp3) is 0.350. The zero-order chi connectivity index (χ0) is 20.3. The molecule has 7 nitrogen and oxygen atoms in total. The van der Waals surface area contributed by atoms with Gasteiger partial charge in [-0.05, 0) is 49.7 Å². The van der Waals surface area contributed by atoms with E-state index in [0.29, 0.717) is 11.3 Å². The number of rotatable bonds is 5. The Morgan fingerprint density at radius 2 is 1.86 bits per heavy atom. The SMILES string of the molecule is Cc1cc([N+](=O)[O-])ccc1NC(=O)[C@H](C)[NH+]1CCN(c2ccc(F)cc2)CC1. The van der Waals surface area contributed by atoms with Crippen LogP contribution < -0.4 is 15.1 Å². The van der Waals surface area contributed by atoms with E-state index >= 15 is 0 Å². The van der Waals surface area contributed by atoms with Gasteiger partial charge in [-0.2, -0.15) is 0 Å². The van der Waals surface area contributed by atoms with Crippen molar-refractivity contribution >= 4 is 23.0 Å². The molecular formula is C20H24FN4O3+. The number of nitrogens with zero attached hydrogens (tertiary/aromatic N) is 2. The molecule has 0 bridgehead atoms. The minimum absolute atomic E-state index is 0.00564. The number of anilines is 2. The highest BCUT2D eigenvalue weighted by Crippen LogP contribution is 2.21. The van der Waals surface area contributed by atoms with Crippen molar-refractivity contribution in [3.63, 3.8) is 0 Å². The number of halogens is 1. The Labute approximate surface area is 162 Å². The molecule has 2 aromatic carbocycles. The first kappa shape index (κ1) is 19.8. The third kappa shape index (κ3) is 4.45. The van der Waals surface area contributed by atoms with Gasteiger partial charge < -0.3 is 15.1 Å². The molecule has 2 aromatic rings. The van der Waals surface area contributed by atoms with Gasteiger partial charge >= 0.3 is 0 Å². The number of benzene rings is 2. The van der Waals surface area contributed by atoms with Crippen LogP contribution in [0.2, 0.25) is 0 Å². The Hall–Kier alpha value is -3.00. The van der Waals surface area contributed by atoms with Gasteiger partial charge in [0.1, 0.15) is 5.82 Å². The number of nitro benzene ring substituents is 1. The molecule has 1 atom stereocenters. The smallest absolute Gasteiger partial charge is 0.282 e. The van der Waals surface area contributed by atoms with E-state index in [-0.39, 0.29) is 23.5 Å². The van der Waals surface area contributed by atoms with Crippen LogP contribution in [0.4, 0.5) is 21.5 Å². The van der Waals surface area contributed by atoms with E-state index in [1.165, 1.54) is 29.2 Å². The highest BCUT2D eigenvalue weighted by Gasteiger charge is 2.29. The molecule has 0 aliphatic carbocycles. The number of amides is 1. The lowest BCUT2D eigenvalue weighted by atomic mass is 10.1. The zero-order valence-corrected chi connectivity index (χ0v) is 15.9. The van der Waals surface area contributed by atoms with Crippen LogP contribution in [0.1, 0.15) is 12.5 Å². The lowest BCUT2D eigenvalue weighted by Gasteiger charge is -2.36. The third-order valence-electron chi connectivity index (χ3n) is 5.28. The van der Waals surface area contributed by atoms with Crippen molar-refractivity contribution < 1.29 is 19.0 Å². The van der Waals surface area contributed by atoms with E-state index < -0.39 is 4.92 Å². The molecule has 0 spiro atoms. The number of hydrogen-bond donors (Lipinski definition) is 2. The van der Waals surface area contributed by atoms with Crippen LogP contribution in [0.15, 0.2) is 42.5 Å². The summed E-state index contributed by atoms with van der Waals surface area (Å²) in [5.41, 5.74) is 2.24. The Bertz CT molecular complexity index is 864. The number of nitro groups is 1. The van der Waals surface area contributed by atoms with E-state index in [9.17, 15) is 19.3 Å². The first-order valence-corrected chi connectivity index (χ1v) is 9.26. The van der Waals surface area contributed by atoms with Gasteiger partial charge in [0.15, 0.2) is 6.04 Å².